The zero-order valence-electron chi connectivity index (χ0n) is 12.5. The molecule has 0 atom stereocenters. The molecule has 21 heavy (non-hydrogen) atoms. The van der Waals surface area contributed by atoms with Gasteiger partial charge in [0.1, 0.15) is 0 Å². The number of aromatic nitrogens is 1. The van der Waals surface area contributed by atoms with E-state index in [0.717, 1.165) is 13.1 Å². The van der Waals surface area contributed by atoms with Crippen molar-refractivity contribution in [1.82, 2.24) is 9.88 Å². The molecule has 0 aliphatic heterocycles. The molecule has 0 spiro atoms. The highest BCUT2D eigenvalue weighted by Crippen LogP contribution is 2.33. The summed E-state index contributed by atoms with van der Waals surface area (Å²) in [5.74, 6) is -1.03. The molecule has 1 aromatic heterocycles. The molecule has 116 valence electrons. The summed E-state index contributed by atoms with van der Waals surface area (Å²) < 4.78 is 0. The number of carboxylic acids is 1. The van der Waals surface area contributed by atoms with E-state index in [1.807, 2.05) is 12.1 Å². The number of aliphatic carboxylic acids is 1. The van der Waals surface area contributed by atoms with Crippen LogP contribution >= 0.6 is 0 Å². The molecule has 0 aromatic carbocycles. The minimum Gasteiger partial charge on any atom is -0.481 e. The van der Waals surface area contributed by atoms with Crippen molar-refractivity contribution in [3.63, 3.8) is 0 Å². The van der Waals surface area contributed by atoms with Crippen LogP contribution in [0.15, 0.2) is 24.5 Å². The lowest BCUT2D eigenvalue weighted by atomic mass is 9.78. The number of pyridine rings is 1. The Morgan fingerprint density at radius 3 is 2.52 bits per heavy atom. The predicted molar refractivity (Wildman–Crippen MR) is 79.7 cm³/mol. The summed E-state index contributed by atoms with van der Waals surface area (Å²) in [6.07, 6.45) is 5.82. The maximum atomic E-state index is 11.0. The molecule has 0 radical (unpaired) electrons. The Morgan fingerprint density at radius 1 is 1.38 bits per heavy atom. The van der Waals surface area contributed by atoms with Crippen LogP contribution in [0.5, 0.6) is 0 Å². The smallest absolute Gasteiger partial charge is 0.306 e. The fourth-order valence-corrected chi connectivity index (χ4v) is 3.00. The van der Waals surface area contributed by atoms with Gasteiger partial charge in [0.05, 0.1) is 11.5 Å². The lowest BCUT2D eigenvalue weighted by Crippen LogP contribution is -2.46. The maximum absolute atomic E-state index is 11.0. The van der Waals surface area contributed by atoms with Crippen LogP contribution in [0.25, 0.3) is 0 Å². The molecule has 5 nitrogen and oxygen atoms in total. The van der Waals surface area contributed by atoms with E-state index in [4.69, 9.17) is 5.11 Å². The normalized spacial score (nSPS) is 26.0. The average molecular weight is 292 g/mol. The van der Waals surface area contributed by atoms with Gasteiger partial charge in [-0.25, -0.2) is 0 Å². The Hall–Kier alpha value is -1.46. The number of hydrogen-bond acceptors (Lipinski definition) is 4. The van der Waals surface area contributed by atoms with Crippen molar-refractivity contribution in [2.45, 2.75) is 44.8 Å². The summed E-state index contributed by atoms with van der Waals surface area (Å²) in [6, 6.07) is 3.96. The number of carboxylic acid groups (broad SMARTS) is 1. The largest absolute Gasteiger partial charge is 0.481 e. The Balaban J connectivity index is 1.91. The SMILES string of the molecule is CCN(Cc1ccncc1)CC1(O)CCC(C(=O)O)CC1. The second kappa shape index (κ2) is 7.00. The molecule has 0 unspecified atom stereocenters. The first-order chi connectivity index (χ1) is 10.0. The average Bonchev–Trinajstić information content (AvgIpc) is 2.48. The van der Waals surface area contributed by atoms with Gasteiger partial charge in [0, 0.05) is 25.5 Å². The van der Waals surface area contributed by atoms with E-state index in [-0.39, 0.29) is 5.92 Å². The minimum absolute atomic E-state index is 0.291. The Morgan fingerprint density at radius 2 is 2.00 bits per heavy atom. The van der Waals surface area contributed by atoms with Crippen LogP contribution in [0.3, 0.4) is 0 Å². The monoisotopic (exact) mass is 292 g/mol. The number of rotatable bonds is 6. The van der Waals surface area contributed by atoms with Gasteiger partial charge in [0.15, 0.2) is 0 Å². The summed E-state index contributed by atoms with van der Waals surface area (Å²) in [4.78, 5) is 17.2. The van der Waals surface area contributed by atoms with Gasteiger partial charge in [-0.1, -0.05) is 6.92 Å². The van der Waals surface area contributed by atoms with Crippen molar-refractivity contribution in [3.05, 3.63) is 30.1 Å². The van der Waals surface area contributed by atoms with Gasteiger partial charge in [-0.2, -0.15) is 0 Å². The summed E-state index contributed by atoms with van der Waals surface area (Å²) in [5.41, 5.74) is 0.421. The second-order valence-electron chi connectivity index (χ2n) is 6.00. The molecule has 1 aliphatic rings. The van der Waals surface area contributed by atoms with Gasteiger partial charge in [-0.3, -0.25) is 14.7 Å². The zero-order chi connectivity index (χ0) is 15.3. The van der Waals surface area contributed by atoms with Gasteiger partial charge < -0.3 is 10.2 Å². The molecule has 0 amide bonds. The fourth-order valence-electron chi connectivity index (χ4n) is 3.00. The Labute approximate surface area is 125 Å². The number of carbonyl (C=O) groups is 1. The third kappa shape index (κ3) is 4.51. The van der Waals surface area contributed by atoms with Crippen LogP contribution in [0, 0.1) is 5.92 Å². The van der Waals surface area contributed by atoms with Crippen LogP contribution in [0.1, 0.15) is 38.2 Å². The number of hydrogen-bond donors (Lipinski definition) is 2. The van der Waals surface area contributed by atoms with E-state index in [9.17, 15) is 9.90 Å². The van der Waals surface area contributed by atoms with Gasteiger partial charge in [0.2, 0.25) is 0 Å². The molecule has 1 saturated carbocycles. The molecule has 5 heteroatoms. The third-order valence-corrected chi connectivity index (χ3v) is 4.39. The van der Waals surface area contributed by atoms with Crippen molar-refractivity contribution in [2.24, 2.45) is 5.92 Å². The molecule has 1 heterocycles. The van der Waals surface area contributed by atoms with E-state index in [1.54, 1.807) is 12.4 Å². The molecular weight excluding hydrogens is 268 g/mol. The standard InChI is InChI=1S/C16H24N2O3/c1-2-18(11-13-5-9-17-10-6-13)12-16(21)7-3-14(4-8-16)15(19)20/h5-6,9-10,14,21H,2-4,7-8,11-12H2,1H3,(H,19,20). The van der Waals surface area contributed by atoms with E-state index in [2.05, 4.69) is 16.8 Å². The first kappa shape index (κ1) is 15.9. The molecule has 1 aromatic rings. The highest BCUT2D eigenvalue weighted by Gasteiger charge is 2.36. The van der Waals surface area contributed by atoms with E-state index < -0.39 is 11.6 Å². The molecule has 2 rings (SSSR count). The highest BCUT2D eigenvalue weighted by atomic mass is 16.4. The molecular formula is C16H24N2O3. The van der Waals surface area contributed by atoms with Crippen LogP contribution in [0.2, 0.25) is 0 Å². The van der Waals surface area contributed by atoms with Gasteiger partial charge in [-0.15, -0.1) is 0 Å². The minimum atomic E-state index is -0.755. The third-order valence-electron chi connectivity index (χ3n) is 4.39. The predicted octanol–water partition coefficient (Wildman–Crippen LogP) is 1.91. The van der Waals surface area contributed by atoms with Gasteiger partial charge in [0.25, 0.3) is 0 Å². The zero-order valence-corrected chi connectivity index (χ0v) is 12.5. The molecule has 1 fully saturated rings. The molecule has 0 bridgehead atoms. The van der Waals surface area contributed by atoms with Crippen molar-refractivity contribution in [2.75, 3.05) is 13.1 Å². The lowest BCUT2D eigenvalue weighted by molar-refractivity contribution is -0.145. The van der Waals surface area contributed by atoms with Crippen molar-refractivity contribution in [1.29, 1.82) is 0 Å². The quantitative estimate of drug-likeness (QED) is 0.838. The van der Waals surface area contributed by atoms with Crippen molar-refractivity contribution in [3.8, 4) is 0 Å². The van der Waals surface area contributed by atoms with E-state index in [0.29, 0.717) is 32.2 Å². The second-order valence-corrected chi connectivity index (χ2v) is 6.00. The van der Waals surface area contributed by atoms with Crippen LogP contribution in [0.4, 0.5) is 0 Å². The maximum Gasteiger partial charge on any atom is 0.306 e. The van der Waals surface area contributed by atoms with Crippen LogP contribution in [-0.2, 0) is 11.3 Å². The van der Waals surface area contributed by atoms with Crippen LogP contribution in [-0.4, -0.2) is 44.8 Å². The summed E-state index contributed by atoms with van der Waals surface area (Å²) in [5, 5.41) is 19.7. The summed E-state index contributed by atoms with van der Waals surface area (Å²) in [6.45, 7) is 4.31. The van der Waals surface area contributed by atoms with Crippen LogP contribution < -0.4 is 0 Å². The fraction of sp³-hybridized carbons (Fsp3) is 0.625. The van der Waals surface area contributed by atoms with Gasteiger partial charge >= 0.3 is 5.97 Å². The van der Waals surface area contributed by atoms with E-state index >= 15 is 0 Å². The van der Waals surface area contributed by atoms with E-state index in [1.165, 1.54) is 5.56 Å². The topological polar surface area (TPSA) is 73.7 Å². The Bertz CT molecular complexity index is 456. The number of nitrogens with zero attached hydrogens (tertiary/aromatic N) is 2. The van der Waals surface area contributed by atoms with Gasteiger partial charge in [-0.05, 0) is 49.9 Å². The summed E-state index contributed by atoms with van der Waals surface area (Å²) in [7, 11) is 0. The number of likely N-dealkylation sites (N-methyl/N-ethyl adjacent to an activating group) is 1. The first-order valence-electron chi connectivity index (χ1n) is 7.59. The highest BCUT2D eigenvalue weighted by molar-refractivity contribution is 5.70. The molecule has 0 saturated heterocycles. The first-order valence-corrected chi connectivity index (χ1v) is 7.59. The molecule has 2 N–H and O–H groups in total. The van der Waals surface area contributed by atoms with Crippen molar-refractivity contribution >= 4 is 5.97 Å². The number of aliphatic hydroxyl groups is 1. The summed E-state index contributed by atoms with van der Waals surface area (Å²) >= 11 is 0. The molecule has 1 aliphatic carbocycles. The Kier molecular flexibility index (Phi) is 5.31. The van der Waals surface area contributed by atoms with Crippen molar-refractivity contribution < 1.29 is 15.0 Å². The lowest BCUT2D eigenvalue weighted by Gasteiger charge is -2.38.